The Bertz CT molecular complexity index is 346. The van der Waals surface area contributed by atoms with E-state index in [1.165, 1.54) is 29.6 Å². The van der Waals surface area contributed by atoms with Gasteiger partial charge in [-0.25, -0.2) is 0 Å². The van der Waals surface area contributed by atoms with Crippen molar-refractivity contribution in [3.8, 4) is 0 Å². The first kappa shape index (κ1) is 13.0. The normalized spacial score (nSPS) is 20.2. The summed E-state index contributed by atoms with van der Waals surface area (Å²) in [4.78, 5) is 0. The summed E-state index contributed by atoms with van der Waals surface area (Å²) < 4.78 is 0. The molecule has 0 heteroatoms. The zero-order valence-corrected chi connectivity index (χ0v) is 11.1. The van der Waals surface area contributed by atoms with Crippen LogP contribution in [0.2, 0.25) is 0 Å². The molecule has 0 spiro atoms. The van der Waals surface area contributed by atoms with Crippen molar-refractivity contribution in [2.75, 3.05) is 0 Å². The molecule has 1 aliphatic carbocycles. The molecule has 0 aromatic rings. The van der Waals surface area contributed by atoms with E-state index in [-0.39, 0.29) is 5.41 Å². The highest BCUT2D eigenvalue weighted by atomic mass is 14.5. The van der Waals surface area contributed by atoms with E-state index >= 15 is 0 Å². The lowest BCUT2D eigenvalue weighted by molar-refractivity contribution is 0.736. The fraction of sp³-hybridized carbons (Fsp3) is 0.500. The van der Waals surface area contributed by atoms with Crippen LogP contribution in [0.5, 0.6) is 0 Å². The smallest absolute Gasteiger partial charge is 0.0159 e. The number of hydrogen-bond donors (Lipinski definition) is 0. The molecule has 0 aromatic carbocycles. The average molecular weight is 216 g/mol. The van der Waals surface area contributed by atoms with E-state index in [4.69, 9.17) is 0 Å². The molecule has 0 N–H and O–H groups in total. The van der Waals surface area contributed by atoms with E-state index in [2.05, 4.69) is 58.6 Å². The van der Waals surface area contributed by atoms with Gasteiger partial charge in [0.15, 0.2) is 0 Å². The van der Waals surface area contributed by atoms with Crippen molar-refractivity contribution in [1.29, 1.82) is 0 Å². The summed E-state index contributed by atoms with van der Waals surface area (Å²) in [7, 11) is 0. The predicted octanol–water partition coefficient (Wildman–Crippen LogP) is 5.20. The summed E-state index contributed by atoms with van der Waals surface area (Å²) in [6, 6.07) is 0. The Labute approximate surface area is 100 Å². The molecule has 0 bridgehead atoms. The highest BCUT2D eigenvalue weighted by Crippen LogP contribution is 2.58. The van der Waals surface area contributed by atoms with Crippen molar-refractivity contribution in [2.24, 2.45) is 5.41 Å². The fourth-order valence-corrected chi connectivity index (χ4v) is 2.39. The quantitative estimate of drug-likeness (QED) is 0.437. The lowest BCUT2D eigenvalue weighted by atomic mass is 9.84. The van der Waals surface area contributed by atoms with E-state index in [9.17, 15) is 0 Å². The standard InChI is InChI=1S/C16H24/c1-6-9-14(8-3)15(10-7-2)16(11-12-16)13(4)5/h6-7,9-10H,4,8,11-12H2,1-3,5H3/b9-6+,10-7-,15-14-. The van der Waals surface area contributed by atoms with Crippen molar-refractivity contribution in [3.05, 3.63) is 47.6 Å². The molecule has 0 aromatic heterocycles. The molecule has 0 amide bonds. The highest BCUT2D eigenvalue weighted by molar-refractivity contribution is 5.46. The Kier molecular flexibility index (Phi) is 4.35. The topological polar surface area (TPSA) is 0 Å². The van der Waals surface area contributed by atoms with Gasteiger partial charge < -0.3 is 0 Å². The van der Waals surface area contributed by atoms with Crippen LogP contribution < -0.4 is 0 Å². The molecular formula is C16H24. The van der Waals surface area contributed by atoms with Gasteiger partial charge in [0.1, 0.15) is 0 Å². The lowest BCUT2D eigenvalue weighted by Crippen LogP contribution is -2.06. The van der Waals surface area contributed by atoms with E-state index in [0.717, 1.165) is 6.42 Å². The second-order valence-corrected chi connectivity index (χ2v) is 4.65. The van der Waals surface area contributed by atoms with Crippen molar-refractivity contribution < 1.29 is 0 Å². The zero-order chi connectivity index (χ0) is 12.2. The molecule has 0 saturated heterocycles. The first-order chi connectivity index (χ1) is 7.62. The van der Waals surface area contributed by atoms with Gasteiger partial charge in [-0.05, 0) is 51.2 Å². The molecule has 1 saturated carbocycles. The van der Waals surface area contributed by atoms with Crippen LogP contribution >= 0.6 is 0 Å². The summed E-state index contributed by atoms with van der Waals surface area (Å²) in [5.41, 5.74) is 4.55. The minimum atomic E-state index is 0.289. The third-order valence-electron chi connectivity index (χ3n) is 3.51. The van der Waals surface area contributed by atoms with Gasteiger partial charge in [0.2, 0.25) is 0 Å². The Balaban J connectivity index is 3.22. The Morgan fingerprint density at radius 3 is 2.06 bits per heavy atom. The molecule has 1 rings (SSSR count). The molecule has 0 atom stereocenters. The maximum Gasteiger partial charge on any atom is 0.0159 e. The van der Waals surface area contributed by atoms with Crippen molar-refractivity contribution in [1.82, 2.24) is 0 Å². The zero-order valence-electron chi connectivity index (χ0n) is 11.1. The van der Waals surface area contributed by atoms with E-state index in [0.29, 0.717) is 0 Å². The van der Waals surface area contributed by atoms with Gasteiger partial charge in [0.25, 0.3) is 0 Å². The highest BCUT2D eigenvalue weighted by Gasteiger charge is 2.46. The molecule has 0 heterocycles. The molecule has 1 aliphatic rings. The summed E-state index contributed by atoms with van der Waals surface area (Å²) in [5, 5.41) is 0. The molecule has 0 unspecified atom stereocenters. The van der Waals surface area contributed by atoms with Gasteiger partial charge in [0.05, 0.1) is 0 Å². The summed E-state index contributed by atoms with van der Waals surface area (Å²) in [5.74, 6) is 0. The SMILES string of the molecule is C=C(C)C1(C(/C=C\C)=C(\C=C\C)CC)CC1. The maximum absolute atomic E-state index is 4.18. The average Bonchev–Trinajstić information content (AvgIpc) is 3.04. The van der Waals surface area contributed by atoms with Crippen LogP contribution in [0.15, 0.2) is 47.6 Å². The van der Waals surface area contributed by atoms with Gasteiger partial charge in [-0.1, -0.05) is 43.4 Å². The van der Waals surface area contributed by atoms with Gasteiger partial charge in [-0.2, -0.15) is 0 Å². The minimum absolute atomic E-state index is 0.289. The fourth-order valence-electron chi connectivity index (χ4n) is 2.39. The number of allylic oxidation sites excluding steroid dienone is 7. The predicted molar refractivity (Wildman–Crippen MR) is 73.4 cm³/mol. The van der Waals surface area contributed by atoms with Crippen LogP contribution in [-0.2, 0) is 0 Å². The molecule has 0 aliphatic heterocycles. The third-order valence-corrected chi connectivity index (χ3v) is 3.51. The maximum atomic E-state index is 4.18. The van der Waals surface area contributed by atoms with Crippen LogP contribution in [0.4, 0.5) is 0 Å². The van der Waals surface area contributed by atoms with Gasteiger partial charge in [0, 0.05) is 5.41 Å². The van der Waals surface area contributed by atoms with Gasteiger partial charge in [-0.3, -0.25) is 0 Å². The molecule has 1 fully saturated rings. The first-order valence-electron chi connectivity index (χ1n) is 6.27. The molecule has 0 radical (unpaired) electrons. The Morgan fingerprint density at radius 2 is 1.75 bits per heavy atom. The summed E-state index contributed by atoms with van der Waals surface area (Å²) >= 11 is 0. The van der Waals surface area contributed by atoms with Crippen LogP contribution in [0.1, 0.15) is 47.0 Å². The van der Waals surface area contributed by atoms with E-state index in [1.54, 1.807) is 0 Å². The monoisotopic (exact) mass is 216 g/mol. The number of hydrogen-bond acceptors (Lipinski definition) is 0. The molecule has 16 heavy (non-hydrogen) atoms. The Morgan fingerprint density at radius 1 is 1.19 bits per heavy atom. The van der Waals surface area contributed by atoms with Crippen LogP contribution in [0.25, 0.3) is 0 Å². The van der Waals surface area contributed by atoms with Crippen molar-refractivity contribution >= 4 is 0 Å². The van der Waals surface area contributed by atoms with E-state index in [1.807, 2.05) is 0 Å². The number of rotatable bonds is 5. The van der Waals surface area contributed by atoms with E-state index < -0.39 is 0 Å². The van der Waals surface area contributed by atoms with Gasteiger partial charge >= 0.3 is 0 Å². The van der Waals surface area contributed by atoms with Crippen LogP contribution in [0, 0.1) is 5.41 Å². The Hall–Kier alpha value is -1.04. The summed E-state index contributed by atoms with van der Waals surface area (Å²) in [6.07, 6.45) is 12.4. The molecular weight excluding hydrogens is 192 g/mol. The van der Waals surface area contributed by atoms with Crippen molar-refractivity contribution in [2.45, 2.75) is 47.0 Å². The van der Waals surface area contributed by atoms with Gasteiger partial charge in [-0.15, -0.1) is 0 Å². The largest absolute Gasteiger partial charge is 0.0992 e. The minimum Gasteiger partial charge on any atom is -0.0992 e. The van der Waals surface area contributed by atoms with Crippen LogP contribution in [0.3, 0.4) is 0 Å². The van der Waals surface area contributed by atoms with Crippen LogP contribution in [-0.4, -0.2) is 0 Å². The first-order valence-corrected chi connectivity index (χ1v) is 6.27. The summed E-state index contributed by atoms with van der Waals surface area (Å²) in [6.45, 7) is 12.8. The molecule has 88 valence electrons. The molecule has 0 nitrogen and oxygen atoms in total. The third kappa shape index (κ3) is 2.37. The second-order valence-electron chi connectivity index (χ2n) is 4.65. The second kappa shape index (κ2) is 5.34. The van der Waals surface area contributed by atoms with Crippen molar-refractivity contribution in [3.63, 3.8) is 0 Å². The lowest BCUT2D eigenvalue weighted by Gasteiger charge is -2.20.